The van der Waals surface area contributed by atoms with E-state index in [1.807, 2.05) is 0 Å². The third-order valence-electron chi connectivity index (χ3n) is 1.75. The Morgan fingerprint density at radius 1 is 1.38 bits per heavy atom. The molecule has 0 fully saturated rings. The summed E-state index contributed by atoms with van der Waals surface area (Å²) < 4.78 is 12.6. The van der Waals surface area contributed by atoms with Crippen LogP contribution in [0.25, 0.3) is 0 Å². The molecule has 1 aromatic rings. The summed E-state index contributed by atoms with van der Waals surface area (Å²) in [6.45, 7) is 0. The summed E-state index contributed by atoms with van der Waals surface area (Å²) in [4.78, 5) is 21.9. The van der Waals surface area contributed by atoms with Crippen molar-refractivity contribution in [3.05, 3.63) is 30.1 Å². The molecule has 0 spiro atoms. The zero-order chi connectivity index (χ0) is 12.1. The average molecular weight is 244 g/mol. The number of hydrogen-bond acceptors (Lipinski definition) is 2. The first-order chi connectivity index (χ1) is 7.49. The summed E-state index contributed by atoms with van der Waals surface area (Å²) in [6.07, 6.45) is 1.55. The second-order valence-corrected chi connectivity index (χ2v) is 5.03. The third kappa shape index (κ3) is 3.90. The van der Waals surface area contributed by atoms with Gasteiger partial charge in [0, 0.05) is 5.69 Å². The summed E-state index contributed by atoms with van der Waals surface area (Å²) in [5, 5.41) is 10.7. The van der Waals surface area contributed by atoms with Crippen LogP contribution in [0.3, 0.4) is 0 Å². The van der Waals surface area contributed by atoms with Crippen molar-refractivity contribution >= 4 is 27.8 Å². The van der Waals surface area contributed by atoms with Gasteiger partial charge in [-0.2, -0.15) is 0 Å². The van der Waals surface area contributed by atoms with E-state index in [9.17, 15) is 14.0 Å². The maximum absolute atomic E-state index is 12.6. The number of carboxylic acid groups (broad SMARTS) is 1. The molecule has 0 aromatic heterocycles. The normalized spacial score (nSPS) is 10.2. The van der Waals surface area contributed by atoms with Crippen LogP contribution < -0.4 is 5.32 Å². The molecule has 87 valence electrons. The number of amides is 1. The molecule has 0 heterocycles. The number of carboxylic acids is 1. The van der Waals surface area contributed by atoms with Gasteiger partial charge in [0.25, 0.3) is 5.24 Å². The minimum absolute atomic E-state index is 0.201. The lowest BCUT2D eigenvalue weighted by molar-refractivity contribution is -0.133. The molecule has 1 aromatic carbocycles. The van der Waals surface area contributed by atoms with Gasteiger partial charge in [0.05, 0.1) is 5.75 Å². The highest BCUT2D eigenvalue weighted by atomic mass is 32.2. The monoisotopic (exact) mass is 244 g/mol. The molecule has 0 unspecified atom stereocenters. The summed E-state index contributed by atoms with van der Waals surface area (Å²) in [5.41, 5.74) is 0.455. The Kier molecular flexibility index (Phi) is 4.30. The number of nitrogens with one attached hydrogen (secondary N) is 1. The van der Waals surface area contributed by atoms with Gasteiger partial charge in [-0.05, 0) is 30.5 Å². The molecule has 0 aliphatic carbocycles. The first-order valence-electron chi connectivity index (χ1n) is 4.40. The predicted octanol–water partition coefficient (Wildman–Crippen LogP) is 2.34. The van der Waals surface area contributed by atoms with Crippen LogP contribution in [0, 0.1) is 5.82 Å². The Labute approximate surface area is 94.8 Å². The smallest absolute Gasteiger partial charge is 0.313 e. The lowest BCUT2D eigenvalue weighted by atomic mass is 10.3. The molecule has 0 atom stereocenters. The summed E-state index contributed by atoms with van der Waals surface area (Å²) in [7, 11) is -0.894. The maximum Gasteiger partial charge on any atom is 0.313 e. The SMILES string of the molecule is C[S](CC(=O)O)C(=O)Nc1ccc(F)cc1. The van der Waals surface area contributed by atoms with Crippen LogP contribution in [0.5, 0.6) is 0 Å². The molecule has 0 saturated heterocycles. The standard InChI is InChI=1S/C10H11FNO3S/c1-16(6-9(13)14)10(15)12-8-4-2-7(11)3-5-8/h2-5H,6H2,1H3,(H,12,15)(H,13,14). The van der Waals surface area contributed by atoms with E-state index in [4.69, 9.17) is 5.11 Å². The Hall–Kier alpha value is -1.56. The van der Waals surface area contributed by atoms with E-state index in [0.29, 0.717) is 5.69 Å². The molecule has 0 bridgehead atoms. The number of halogens is 1. The highest BCUT2D eigenvalue weighted by molar-refractivity contribution is 8.29. The Morgan fingerprint density at radius 2 is 1.94 bits per heavy atom. The number of anilines is 1. The van der Waals surface area contributed by atoms with Gasteiger partial charge in [0.1, 0.15) is 5.82 Å². The van der Waals surface area contributed by atoms with E-state index >= 15 is 0 Å². The van der Waals surface area contributed by atoms with Crippen molar-refractivity contribution in [3.63, 3.8) is 0 Å². The fraction of sp³-hybridized carbons (Fsp3) is 0.200. The Bertz CT molecular complexity index is 394. The van der Waals surface area contributed by atoms with E-state index in [1.54, 1.807) is 6.26 Å². The molecule has 6 heteroatoms. The molecule has 0 saturated carbocycles. The molecule has 1 radical (unpaired) electrons. The van der Waals surface area contributed by atoms with Crippen LogP contribution >= 0.6 is 10.9 Å². The summed E-state index contributed by atoms with van der Waals surface area (Å²) in [6, 6.07) is 5.29. The molecule has 0 aliphatic rings. The highest BCUT2D eigenvalue weighted by Gasteiger charge is 2.14. The Morgan fingerprint density at radius 3 is 2.44 bits per heavy atom. The summed E-state index contributed by atoms with van der Waals surface area (Å²) in [5.74, 6) is -1.60. The van der Waals surface area contributed by atoms with Crippen molar-refractivity contribution in [3.8, 4) is 0 Å². The minimum atomic E-state index is -1.01. The van der Waals surface area contributed by atoms with Gasteiger partial charge < -0.3 is 10.4 Å². The number of hydrogen-bond donors (Lipinski definition) is 2. The number of carbonyl (C=O) groups excluding carboxylic acids is 1. The quantitative estimate of drug-likeness (QED) is 0.857. The largest absolute Gasteiger partial charge is 0.481 e. The number of carbonyl (C=O) groups is 2. The van der Waals surface area contributed by atoms with Crippen molar-refractivity contribution in [2.75, 3.05) is 17.3 Å². The van der Waals surface area contributed by atoms with Gasteiger partial charge in [0.15, 0.2) is 0 Å². The lowest BCUT2D eigenvalue weighted by Crippen LogP contribution is -2.15. The molecular weight excluding hydrogens is 233 g/mol. The van der Waals surface area contributed by atoms with Gasteiger partial charge in [-0.15, -0.1) is 10.9 Å². The number of aliphatic carboxylic acids is 1. The second-order valence-electron chi connectivity index (χ2n) is 3.09. The number of benzene rings is 1. The van der Waals surface area contributed by atoms with E-state index in [-0.39, 0.29) is 16.8 Å². The highest BCUT2D eigenvalue weighted by Crippen LogP contribution is 2.23. The van der Waals surface area contributed by atoms with Gasteiger partial charge in [-0.25, -0.2) is 4.39 Å². The van der Waals surface area contributed by atoms with Crippen molar-refractivity contribution < 1.29 is 19.1 Å². The van der Waals surface area contributed by atoms with Crippen molar-refractivity contribution in [1.82, 2.24) is 0 Å². The van der Waals surface area contributed by atoms with Gasteiger partial charge in [-0.1, -0.05) is 0 Å². The fourth-order valence-electron chi connectivity index (χ4n) is 0.989. The molecule has 2 N–H and O–H groups in total. The molecule has 16 heavy (non-hydrogen) atoms. The molecule has 1 amide bonds. The van der Waals surface area contributed by atoms with E-state index in [1.165, 1.54) is 24.3 Å². The maximum atomic E-state index is 12.6. The van der Waals surface area contributed by atoms with Crippen molar-refractivity contribution in [1.29, 1.82) is 0 Å². The van der Waals surface area contributed by atoms with Crippen LogP contribution in [0.2, 0.25) is 0 Å². The summed E-state index contributed by atoms with van der Waals surface area (Å²) >= 11 is 0. The average Bonchev–Trinajstić information content (AvgIpc) is 2.20. The molecule has 1 rings (SSSR count). The van der Waals surface area contributed by atoms with Crippen LogP contribution in [-0.4, -0.2) is 28.3 Å². The van der Waals surface area contributed by atoms with Crippen molar-refractivity contribution in [2.24, 2.45) is 0 Å². The van der Waals surface area contributed by atoms with Crippen LogP contribution in [0.4, 0.5) is 14.9 Å². The molecule has 0 aliphatic heterocycles. The zero-order valence-corrected chi connectivity index (χ0v) is 9.38. The molecular formula is C10H11FNO3S. The lowest BCUT2D eigenvalue weighted by Gasteiger charge is -2.11. The van der Waals surface area contributed by atoms with E-state index < -0.39 is 16.9 Å². The van der Waals surface area contributed by atoms with E-state index in [0.717, 1.165) is 0 Å². The van der Waals surface area contributed by atoms with Crippen LogP contribution in [0.15, 0.2) is 24.3 Å². The van der Waals surface area contributed by atoms with Gasteiger partial charge in [0.2, 0.25) is 0 Å². The Balaban J connectivity index is 2.57. The first-order valence-corrected chi connectivity index (χ1v) is 6.20. The van der Waals surface area contributed by atoms with Crippen molar-refractivity contribution in [2.45, 2.75) is 0 Å². The fourth-order valence-corrected chi connectivity index (χ4v) is 1.78. The van der Waals surface area contributed by atoms with Gasteiger partial charge >= 0.3 is 5.97 Å². The molecule has 4 nitrogen and oxygen atoms in total. The van der Waals surface area contributed by atoms with Gasteiger partial charge in [-0.3, -0.25) is 9.59 Å². The first kappa shape index (κ1) is 12.5. The van der Waals surface area contributed by atoms with Crippen LogP contribution in [-0.2, 0) is 4.79 Å². The topological polar surface area (TPSA) is 66.4 Å². The minimum Gasteiger partial charge on any atom is -0.481 e. The van der Waals surface area contributed by atoms with E-state index in [2.05, 4.69) is 5.32 Å². The zero-order valence-electron chi connectivity index (χ0n) is 8.57. The number of rotatable bonds is 3. The van der Waals surface area contributed by atoms with Crippen LogP contribution in [0.1, 0.15) is 0 Å². The predicted molar refractivity (Wildman–Crippen MR) is 61.4 cm³/mol. The second kappa shape index (κ2) is 5.50. The third-order valence-corrected chi connectivity index (χ3v) is 3.16.